The van der Waals surface area contributed by atoms with Crippen LogP contribution in [0.4, 0.5) is 10.2 Å². The van der Waals surface area contributed by atoms with Crippen LogP contribution in [0.1, 0.15) is 5.56 Å². The highest BCUT2D eigenvalue weighted by molar-refractivity contribution is 14.0. The minimum atomic E-state index is -0.840. The van der Waals surface area contributed by atoms with Crippen molar-refractivity contribution in [3.8, 4) is 23.3 Å². The third-order valence-corrected chi connectivity index (χ3v) is 3.07. The van der Waals surface area contributed by atoms with E-state index >= 15 is 0 Å². The summed E-state index contributed by atoms with van der Waals surface area (Å²) >= 11 is 0. The van der Waals surface area contributed by atoms with Gasteiger partial charge in [0.25, 0.3) is 0 Å². The Hall–Kier alpha value is -2.79. The Balaban J connectivity index is 0.00000225. The normalized spacial score (nSPS) is 10.1. The van der Waals surface area contributed by atoms with E-state index in [9.17, 15) is 9.18 Å². The summed E-state index contributed by atoms with van der Waals surface area (Å²) in [4.78, 5) is 12.0. The van der Waals surface area contributed by atoms with E-state index < -0.39 is 11.6 Å². The number of aromatic nitrogens is 4. The molecular formula is C13H11FIN7O3. The van der Waals surface area contributed by atoms with Crippen molar-refractivity contribution in [2.75, 3.05) is 18.4 Å². The molecule has 130 valence electrons. The number of nitriles is 1. The van der Waals surface area contributed by atoms with Crippen LogP contribution in [0, 0.1) is 17.1 Å². The fourth-order valence-corrected chi connectivity index (χ4v) is 2.01. The highest BCUT2D eigenvalue weighted by Gasteiger charge is 2.23. The van der Waals surface area contributed by atoms with Crippen molar-refractivity contribution >= 4 is 29.8 Å². The second kappa shape index (κ2) is 7.85. The topological polar surface area (TPSA) is 149 Å². The fourth-order valence-electron chi connectivity index (χ4n) is 2.01. The van der Waals surface area contributed by atoms with Crippen LogP contribution in [0.3, 0.4) is 0 Å². The molecule has 0 aliphatic heterocycles. The number of nitrogens with one attached hydrogen (secondary N) is 1. The molecule has 0 spiro atoms. The van der Waals surface area contributed by atoms with Gasteiger partial charge < -0.3 is 11.1 Å². The lowest BCUT2D eigenvalue weighted by molar-refractivity contribution is 0.309. The van der Waals surface area contributed by atoms with Gasteiger partial charge in [-0.05, 0) is 28.5 Å². The molecule has 2 aromatic heterocycles. The van der Waals surface area contributed by atoms with E-state index in [2.05, 4.69) is 29.9 Å². The number of hydrogen-bond donors (Lipinski definition) is 2. The molecule has 3 aromatic rings. The fraction of sp³-hybridized carbons (Fsp3) is 0.154. The standard InChI is InChI=1S/C13H10FN7O3.HI/c14-9-2-1-8(5-7(9)6-16)21-12(20-23-13(21)22)10-11(17-4-3-15)19-24-18-10;/h1-2,5H,3-4,15H2,(H,17,19);1H. The molecule has 0 atom stereocenters. The van der Waals surface area contributed by atoms with Gasteiger partial charge in [0.1, 0.15) is 11.9 Å². The third kappa shape index (κ3) is 3.51. The molecule has 10 nitrogen and oxygen atoms in total. The van der Waals surface area contributed by atoms with E-state index in [-0.39, 0.29) is 52.6 Å². The molecule has 25 heavy (non-hydrogen) atoms. The molecular weight excluding hydrogens is 448 g/mol. The predicted molar refractivity (Wildman–Crippen MR) is 93.0 cm³/mol. The lowest BCUT2D eigenvalue weighted by Crippen LogP contribution is -2.16. The number of nitrogens with zero attached hydrogens (tertiary/aromatic N) is 5. The zero-order chi connectivity index (χ0) is 17.1. The Labute approximate surface area is 156 Å². The van der Waals surface area contributed by atoms with Crippen LogP contribution in [0.2, 0.25) is 0 Å². The number of rotatable bonds is 5. The Morgan fingerprint density at radius 2 is 2.16 bits per heavy atom. The number of benzene rings is 1. The molecule has 0 fully saturated rings. The molecule has 3 rings (SSSR count). The SMILES string of the molecule is I.N#Cc1cc(-n2c(-c3nonc3NCCN)noc2=O)ccc1F. The van der Waals surface area contributed by atoms with Crippen molar-refractivity contribution in [3.05, 3.63) is 40.1 Å². The molecule has 0 saturated heterocycles. The monoisotopic (exact) mass is 459 g/mol. The van der Waals surface area contributed by atoms with Gasteiger partial charge in [-0.1, -0.05) is 5.16 Å². The van der Waals surface area contributed by atoms with Crippen LogP contribution in [0.25, 0.3) is 17.2 Å². The lowest BCUT2D eigenvalue weighted by Gasteiger charge is -2.05. The van der Waals surface area contributed by atoms with Crippen molar-refractivity contribution in [2.24, 2.45) is 5.73 Å². The van der Waals surface area contributed by atoms with Crippen molar-refractivity contribution in [1.82, 2.24) is 20.0 Å². The number of nitrogens with two attached hydrogens (primary N) is 1. The number of anilines is 1. The first kappa shape index (κ1) is 18.5. The van der Waals surface area contributed by atoms with Gasteiger partial charge in [-0.3, -0.25) is 4.52 Å². The summed E-state index contributed by atoms with van der Waals surface area (Å²) in [5.41, 5.74) is 5.47. The Kier molecular flexibility index (Phi) is 5.83. The van der Waals surface area contributed by atoms with Crippen molar-refractivity contribution in [1.29, 1.82) is 5.26 Å². The summed E-state index contributed by atoms with van der Waals surface area (Å²) in [5, 5.41) is 22.8. The van der Waals surface area contributed by atoms with Crippen LogP contribution in [-0.4, -0.2) is 33.1 Å². The number of halogens is 2. The summed E-state index contributed by atoms with van der Waals surface area (Å²) in [5.74, 6) is -1.35. The molecule has 0 aliphatic rings. The molecule has 0 bridgehead atoms. The molecule has 0 aliphatic carbocycles. The quantitative estimate of drug-likeness (QED) is 0.530. The summed E-state index contributed by atoms with van der Waals surface area (Å²) in [7, 11) is 0. The minimum Gasteiger partial charge on any atom is -0.364 e. The molecule has 12 heteroatoms. The first-order valence-electron chi connectivity index (χ1n) is 6.71. The smallest absolute Gasteiger partial charge is 0.364 e. The van der Waals surface area contributed by atoms with Gasteiger partial charge in [0, 0.05) is 13.1 Å². The van der Waals surface area contributed by atoms with Crippen molar-refractivity contribution in [2.45, 2.75) is 0 Å². The van der Waals surface area contributed by atoms with E-state index in [1.165, 1.54) is 12.1 Å². The zero-order valence-electron chi connectivity index (χ0n) is 12.5. The average Bonchev–Trinajstić information content (AvgIpc) is 3.19. The maximum atomic E-state index is 13.5. The highest BCUT2D eigenvalue weighted by Crippen LogP contribution is 2.24. The molecule has 0 saturated carbocycles. The Bertz CT molecular complexity index is 975. The van der Waals surface area contributed by atoms with Crippen LogP contribution in [0.15, 0.2) is 32.1 Å². The van der Waals surface area contributed by atoms with E-state index in [1.54, 1.807) is 6.07 Å². The van der Waals surface area contributed by atoms with Crippen LogP contribution in [0.5, 0.6) is 0 Å². The summed E-state index contributed by atoms with van der Waals surface area (Å²) in [6, 6.07) is 5.25. The Morgan fingerprint density at radius 1 is 1.36 bits per heavy atom. The molecule has 2 heterocycles. The second-order valence-corrected chi connectivity index (χ2v) is 4.56. The molecule has 0 unspecified atom stereocenters. The van der Waals surface area contributed by atoms with Crippen molar-refractivity contribution < 1.29 is 13.5 Å². The van der Waals surface area contributed by atoms with Gasteiger partial charge in [-0.15, -0.1) is 24.0 Å². The summed E-state index contributed by atoms with van der Waals surface area (Å²) in [6.07, 6.45) is 0. The molecule has 3 N–H and O–H groups in total. The van der Waals surface area contributed by atoms with Gasteiger partial charge in [0.15, 0.2) is 5.69 Å². The van der Waals surface area contributed by atoms with Crippen molar-refractivity contribution in [3.63, 3.8) is 0 Å². The highest BCUT2D eigenvalue weighted by atomic mass is 127. The van der Waals surface area contributed by atoms with Crippen LogP contribution >= 0.6 is 24.0 Å². The Morgan fingerprint density at radius 3 is 2.88 bits per heavy atom. The first-order valence-corrected chi connectivity index (χ1v) is 6.71. The third-order valence-electron chi connectivity index (χ3n) is 3.07. The maximum absolute atomic E-state index is 13.5. The first-order chi connectivity index (χ1) is 11.7. The number of hydrogen-bond acceptors (Lipinski definition) is 9. The molecule has 0 amide bonds. The van der Waals surface area contributed by atoms with Crippen LogP contribution in [-0.2, 0) is 0 Å². The second-order valence-electron chi connectivity index (χ2n) is 4.56. The van der Waals surface area contributed by atoms with Gasteiger partial charge in [0.05, 0.1) is 11.3 Å². The maximum Gasteiger partial charge on any atom is 0.446 e. The largest absolute Gasteiger partial charge is 0.446 e. The van der Waals surface area contributed by atoms with Gasteiger partial charge in [-0.2, -0.15) is 5.26 Å². The van der Waals surface area contributed by atoms with E-state index in [4.69, 9.17) is 11.0 Å². The summed E-state index contributed by atoms with van der Waals surface area (Å²) in [6.45, 7) is 0.722. The predicted octanol–water partition coefficient (Wildman–Crippen LogP) is 0.875. The van der Waals surface area contributed by atoms with Gasteiger partial charge in [-0.25, -0.2) is 18.4 Å². The minimum absolute atomic E-state index is 0. The van der Waals surface area contributed by atoms with Gasteiger partial charge in [0.2, 0.25) is 11.6 Å². The average molecular weight is 459 g/mol. The van der Waals surface area contributed by atoms with Gasteiger partial charge >= 0.3 is 5.76 Å². The molecule has 1 aromatic carbocycles. The van der Waals surface area contributed by atoms with E-state index in [1.807, 2.05) is 0 Å². The van der Waals surface area contributed by atoms with E-state index in [0.717, 1.165) is 10.6 Å². The lowest BCUT2D eigenvalue weighted by atomic mass is 10.2. The van der Waals surface area contributed by atoms with Crippen LogP contribution < -0.4 is 16.8 Å². The zero-order valence-corrected chi connectivity index (χ0v) is 14.8. The van der Waals surface area contributed by atoms with E-state index in [0.29, 0.717) is 13.1 Å². The molecule has 0 radical (unpaired) electrons. The summed E-state index contributed by atoms with van der Waals surface area (Å²) < 4.78 is 23.8.